The van der Waals surface area contributed by atoms with Gasteiger partial charge in [-0.25, -0.2) is 0 Å². The van der Waals surface area contributed by atoms with Gasteiger partial charge in [0, 0.05) is 0 Å². The highest BCUT2D eigenvalue weighted by molar-refractivity contribution is 6.15. The van der Waals surface area contributed by atoms with Crippen molar-refractivity contribution in [1.82, 2.24) is 0 Å². The van der Waals surface area contributed by atoms with E-state index in [1.165, 1.54) is 60.1 Å². The molecule has 0 fully saturated rings. The minimum Gasteiger partial charge on any atom is -0.0622 e. The molecule has 0 atom stereocenters. The Morgan fingerprint density at radius 1 is 0.410 bits per heavy atom. The predicted octanol–water partition coefficient (Wildman–Crippen LogP) is 10.6. The molecule has 0 N–H and O–H groups in total. The quantitative estimate of drug-likeness (QED) is 0.211. The van der Waals surface area contributed by atoms with Crippen LogP contribution in [0.4, 0.5) is 0 Å². The SMILES string of the molecule is Cc1ccccc1.c1ccc(-c2c3ccccc3c(CCc3ccc4ccccc4c3)c3ccccc23)cc1. The Balaban J connectivity index is 0.000000346. The summed E-state index contributed by atoms with van der Waals surface area (Å²) in [6.45, 7) is 2.08. The van der Waals surface area contributed by atoms with Gasteiger partial charge in [-0.3, -0.25) is 0 Å². The summed E-state index contributed by atoms with van der Waals surface area (Å²) in [5, 5.41) is 8.03. The van der Waals surface area contributed by atoms with Crippen LogP contribution in [0.1, 0.15) is 16.7 Å². The smallest absolute Gasteiger partial charge is 0.00266 e. The third kappa shape index (κ3) is 5.33. The van der Waals surface area contributed by atoms with E-state index in [1.54, 1.807) is 0 Å². The molecule has 0 bridgehead atoms. The molecule has 0 heteroatoms. The van der Waals surface area contributed by atoms with Crippen LogP contribution in [-0.2, 0) is 12.8 Å². The van der Waals surface area contributed by atoms with E-state index in [0.29, 0.717) is 0 Å². The van der Waals surface area contributed by atoms with Crippen LogP contribution in [-0.4, -0.2) is 0 Å². The first-order valence-corrected chi connectivity index (χ1v) is 13.7. The van der Waals surface area contributed by atoms with Gasteiger partial charge in [0.2, 0.25) is 0 Å². The fraction of sp³-hybridized carbons (Fsp3) is 0.0769. The lowest BCUT2D eigenvalue weighted by Crippen LogP contribution is -1.97. The lowest BCUT2D eigenvalue weighted by atomic mass is 9.86. The Morgan fingerprint density at radius 2 is 0.923 bits per heavy atom. The van der Waals surface area contributed by atoms with Gasteiger partial charge in [0.15, 0.2) is 0 Å². The van der Waals surface area contributed by atoms with E-state index in [4.69, 9.17) is 0 Å². The number of hydrogen-bond donors (Lipinski definition) is 0. The minimum atomic E-state index is 1.02. The maximum atomic E-state index is 2.35. The number of benzene rings is 7. The molecular formula is C39H32. The molecule has 0 heterocycles. The van der Waals surface area contributed by atoms with E-state index < -0.39 is 0 Å². The lowest BCUT2D eigenvalue weighted by molar-refractivity contribution is 0.979. The van der Waals surface area contributed by atoms with Gasteiger partial charge in [0.1, 0.15) is 0 Å². The summed E-state index contributed by atoms with van der Waals surface area (Å²) in [6.07, 6.45) is 2.05. The summed E-state index contributed by atoms with van der Waals surface area (Å²) in [5.41, 5.74) is 6.78. The molecule has 0 radical (unpaired) electrons. The van der Waals surface area contributed by atoms with Crippen LogP contribution in [0.15, 0.2) is 152 Å². The zero-order valence-electron chi connectivity index (χ0n) is 22.3. The predicted molar refractivity (Wildman–Crippen MR) is 169 cm³/mol. The molecule has 0 nitrogen and oxygen atoms in total. The zero-order valence-corrected chi connectivity index (χ0v) is 22.3. The molecule has 0 saturated carbocycles. The van der Waals surface area contributed by atoms with E-state index in [2.05, 4.69) is 140 Å². The van der Waals surface area contributed by atoms with Crippen molar-refractivity contribution in [3.8, 4) is 11.1 Å². The number of rotatable bonds is 4. The van der Waals surface area contributed by atoms with Crippen LogP contribution in [0.5, 0.6) is 0 Å². The molecule has 0 aliphatic carbocycles. The van der Waals surface area contributed by atoms with Gasteiger partial charge in [0.05, 0.1) is 0 Å². The standard InChI is InChI=1S/C32H24.C7H8/c1-2-11-25(12-3-1)32-30-16-8-6-14-27(30)29(28-15-7-9-17-31(28)32)21-19-23-18-20-24-10-4-5-13-26(24)22-23;1-7-5-3-2-4-6-7/h1-18,20,22H,19,21H2;2-6H,1H3. The summed E-state index contributed by atoms with van der Waals surface area (Å²) in [4.78, 5) is 0. The fourth-order valence-corrected chi connectivity index (χ4v) is 5.60. The van der Waals surface area contributed by atoms with E-state index in [1.807, 2.05) is 18.2 Å². The summed E-state index contributed by atoms with van der Waals surface area (Å²) >= 11 is 0. The summed E-state index contributed by atoms with van der Waals surface area (Å²) in [7, 11) is 0. The largest absolute Gasteiger partial charge is 0.0622 e. The van der Waals surface area contributed by atoms with Gasteiger partial charge in [-0.15, -0.1) is 0 Å². The van der Waals surface area contributed by atoms with Crippen molar-refractivity contribution in [2.24, 2.45) is 0 Å². The lowest BCUT2D eigenvalue weighted by Gasteiger charge is -2.17. The van der Waals surface area contributed by atoms with Crippen LogP contribution >= 0.6 is 0 Å². The summed E-state index contributed by atoms with van der Waals surface area (Å²) in [5.74, 6) is 0. The Morgan fingerprint density at radius 3 is 1.51 bits per heavy atom. The average Bonchev–Trinajstić information content (AvgIpc) is 3.00. The molecule has 0 aliphatic rings. The third-order valence-corrected chi connectivity index (χ3v) is 7.52. The molecule has 0 saturated heterocycles. The fourth-order valence-electron chi connectivity index (χ4n) is 5.60. The van der Waals surface area contributed by atoms with Crippen molar-refractivity contribution in [3.63, 3.8) is 0 Å². The Hall–Kier alpha value is -4.68. The van der Waals surface area contributed by atoms with Crippen molar-refractivity contribution >= 4 is 32.3 Å². The number of fused-ring (bicyclic) bond motifs is 3. The first-order chi connectivity index (χ1) is 19.3. The summed E-state index contributed by atoms with van der Waals surface area (Å²) < 4.78 is 0. The maximum absolute atomic E-state index is 2.35. The summed E-state index contributed by atoms with van der Waals surface area (Å²) in [6, 6.07) is 54.4. The van der Waals surface area contributed by atoms with Crippen LogP contribution < -0.4 is 0 Å². The van der Waals surface area contributed by atoms with Crippen molar-refractivity contribution in [3.05, 3.63) is 168 Å². The third-order valence-electron chi connectivity index (χ3n) is 7.52. The Bertz CT molecular complexity index is 1790. The van der Waals surface area contributed by atoms with E-state index in [-0.39, 0.29) is 0 Å². The molecule has 0 amide bonds. The molecule has 0 aliphatic heterocycles. The van der Waals surface area contributed by atoms with E-state index >= 15 is 0 Å². The van der Waals surface area contributed by atoms with Crippen LogP contribution in [0.3, 0.4) is 0 Å². The van der Waals surface area contributed by atoms with Gasteiger partial charge in [-0.1, -0.05) is 157 Å². The van der Waals surface area contributed by atoms with Gasteiger partial charge in [-0.05, 0) is 74.3 Å². The van der Waals surface area contributed by atoms with Crippen molar-refractivity contribution in [1.29, 1.82) is 0 Å². The van der Waals surface area contributed by atoms with Gasteiger partial charge in [-0.2, -0.15) is 0 Å². The monoisotopic (exact) mass is 500 g/mol. The molecule has 188 valence electrons. The Kier molecular flexibility index (Phi) is 7.19. The highest BCUT2D eigenvalue weighted by Crippen LogP contribution is 2.39. The van der Waals surface area contributed by atoms with Crippen molar-refractivity contribution in [2.75, 3.05) is 0 Å². The molecule has 0 spiro atoms. The van der Waals surface area contributed by atoms with Gasteiger partial charge < -0.3 is 0 Å². The second-order valence-electron chi connectivity index (χ2n) is 10.1. The second kappa shape index (κ2) is 11.4. The average molecular weight is 501 g/mol. The number of hydrogen-bond acceptors (Lipinski definition) is 0. The molecule has 7 aromatic rings. The van der Waals surface area contributed by atoms with Gasteiger partial charge in [0.25, 0.3) is 0 Å². The van der Waals surface area contributed by atoms with Crippen molar-refractivity contribution in [2.45, 2.75) is 19.8 Å². The van der Waals surface area contributed by atoms with Gasteiger partial charge >= 0.3 is 0 Å². The molecule has 39 heavy (non-hydrogen) atoms. The second-order valence-corrected chi connectivity index (χ2v) is 10.1. The first kappa shape index (κ1) is 24.6. The maximum Gasteiger partial charge on any atom is -0.00266 e. The van der Waals surface area contributed by atoms with Crippen LogP contribution in [0, 0.1) is 6.92 Å². The molecule has 0 aromatic heterocycles. The molecule has 0 unspecified atom stereocenters. The first-order valence-electron chi connectivity index (χ1n) is 13.7. The van der Waals surface area contributed by atoms with E-state index in [0.717, 1.165) is 12.8 Å². The van der Waals surface area contributed by atoms with E-state index in [9.17, 15) is 0 Å². The van der Waals surface area contributed by atoms with Crippen LogP contribution in [0.25, 0.3) is 43.4 Å². The normalized spacial score (nSPS) is 10.9. The minimum absolute atomic E-state index is 1.02. The van der Waals surface area contributed by atoms with Crippen LogP contribution in [0.2, 0.25) is 0 Å². The molecule has 7 rings (SSSR count). The highest BCUT2D eigenvalue weighted by atomic mass is 14.2. The molecule has 7 aromatic carbocycles. The Labute approximate surface area is 231 Å². The zero-order chi connectivity index (χ0) is 26.4. The highest BCUT2D eigenvalue weighted by Gasteiger charge is 2.14. The topological polar surface area (TPSA) is 0 Å². The van der Waals surface area contributed by atoms with Crippen molar-refractivity contribution < 1.29 is 0 Å². The number of aryl methyl sites for hydroxylation is 3. The molecular weight excluding hydrogens is 468 g/mol.